The van der Waals surface area contributed by atoms with Gasteiger partial charge < -0.3 is 4.40 Å². The minimum atomic E-state index is 0.621. The third-order valence-corrected chi connectivity index (χ3v) is 6.36. The number of fused-ring (bicyclic) bond motifs is 2. The highest BCUT2D eigenvalue weighted by Crippen LogP contribution is 2.24. The van der Waals surface area contributed by atoms with E-state index in [0.717, 1.165) is 53.0 Å². The molecule has 0 atom stereocenters. The molecule has 1 aliphatic heterocycles. The zero-order valence-electron chi connectivity index (χ0n) is 20.1. The SMILES string of the molecule is CC(C)N1CC=C(c2cnc3cn[nH]c3c2)CC1.Cc1cnc2ccc(-c3cnn(C)c3)cn12. The molecule has 0 spiro atoms. The van der Waals surface area contributed by atoms with Gasteiger partial charge in [-0.15, -0.1) is 0 Å². The smallest absolute Gasteiger partial charge is 0.136 e. The number of pyridine rings is 2. The van der Waals surface area contributed by atoms with Gasteiger partial charge in [0.15, 0.2) is 0 Å². The number of aromatic amines is 1. The molecule has 8 nitrogen and oxygen atoms in total. The number of rotatable bonds is 3. The molecule has 5 aromatic rings. The van der Waals surface area contributed by atoms with Gasteiger partial charge in [0.1, 0.15) is 11.2 Å². The van der Waals surface area contributed by atoms with Crippen molar-refractivity contribution in [3.8, 4) is 11.1 Å². The van der Waals surface area contributed by atoms with Gasteiger partial charge in [0.05, 0.1) is 17.9 Å². The highest BCUT2D eigenvalue weighted by molar-refractivity contribution is 5.79. The molecule has 0 saturated carbocycles. The number of hydrogen-bond acceptors (Lipinski definition) is 5. The van der Waals surface area contributed by atoms with E-state index in [1.807, 2.05) is 44.8 Å². The molecule has 0 bridgehead atoms. The van der Waals surface area contributed by atoms with Gasteiger partial charge in [0.25, 0.3) is 0 Å². The maximum Gasteiger partial charge on any atom is 0.136 e. The molecule has 0 unspecified atom stereocenters. The Morgan fingerprint density at radius 1 is 0.971 bits per heavy atom. The number of aryl methyl sites for hydroxylation is 2. The predicted octanol–water partition coefficient (Wildman–Crippen LogP) is 4.50. The Bertz CT molecular complexity index is 1450. The van der Waals surface area contributed by atoms with Crippen molar-refractivity contribution in [3.05, 3.63) is 72.7 Å². The Kier molecular flexibility index (Phi) is 5.98. The second kappa shape index (κ2) is 9.23. The Labute approximate surface area is 199 Å². The van der Waals surface area contributed by atoms with E-state index in [9.17, 15) is 0 Å². The van der Waals surface area contributed by atoms with Gasteiger partial charge in [-0.05, 0) is 56.5 Å². The van der Waals surface area contributed by atoms with Crippen LogP contribution >= 0.6 is 0 Å². The molecule has 5 aromatic heterocycles. The van der Waals surface area contributed by atoms with Crippen LogP contribution in [0.2, 0.25) is 0 Å². The average Bonchev–Trinajstić information content (AvgIpc) is 3.59. The van der Waals surface area contributed by atoms with E-state index in [2.05, 4.69) is 72.8 Å². The second-order valence-electron chi connectivity index (χ2n) is 9.04. The minimum absolute atomic E-state index is 0.621. The summed E-state index contributed by atoms with van der Waals surface area (Å²) >= 11 is 0. The van der Waals surface area contributed by atoms with E-state index < -0.39 is 0 Å². The lowest BCUT2D eigenvalue weighted by Crippen LogP contribution is -2.34. The highest BCUT2D eigenvalue weighted by atomic mass is 15.2. The standard InChI is InChI=1S/C14H18N4.C12H12N4/c1-10(2)18-5-3-11(4-6-18)12-7-13-14(15-8-12)9-16-17-13;1-9-5-13-12-4-3-10(8-16(9)12)11-6-14-15(2)7-11/h3,7-10H,4-6H2,1-2H3,(H,16,17);3-8H,1-2H3. The molecule has 0 aromatic carbocycles. The molecule has 0 fully saturated rings. The van der Waals surface area contributed by atoms with Gasteiger partial charge in [-0.2, -0.15) is 10.2 Å². The summed E-state index contributed by atoms with van der Waals surface area (Å²) in [7, 11) is 1.92. The van der Waals surface area contributed by atoms with E-state index in [1.54, 1.807) is 10.9 Å². The minimum Gasteiger partial charge on any atom is -0.304 e. The van der Waals surface area contributed by atoms with Crippen LogP contribution in [-0.4, -0.2) is 58.4 Å². The Morgan fingerprint density at radius 3 is 2.59 bits per heavy atom. The first-order valence-electron chi connectivity index (χ1n) is 11.6. The van der Waals surface area contributed by atoms with E-state index in [0.29, 0.717) is 6.04 Å². The fourth-order valence-electron chi connectivity index (χ4n) is 4.27. The molecule has 1 N–H and O–H groups in total. The summed E-state index contributed by atoms with van der Waals surface area (Å²) in [5.74, 6) is 0. The van der Waals surface area contributed by atoms with E-state index >= 15 is 0 Å². The number of H-pyrrole nitrogens is 1. The molecule has 0 aliphatic carbocycles. The van der Waals surface area contributed by atoms with Crippen LogP contribution in [-0.2, 0) is 7.05 Å². The monoisotopic (exact) mass is 454 g/mol. The second-order valence-corrected chi connectivity index (χ2v) is 9.04. The van der Waals surface area contributed by atoms with Gasteiger partial charge in [-0.3, -0.25) is 19.7 Å². The summed E-state index contributed by atoms with van der Waals surface area (Å²) in [4.78, 5) is 11.2. The van der Waals surface area contributed by atoms with Crippen molar-refractivity contribution in [2.75, 3.05) is 13.1 Å². The molecule has 0 amide bonds. The van der Waals surface area contributed by atoms with Crippen molar-refractivity contribution in [1.29, 1.82) is 0 Å². The molecule has 34 heavy (non-hydrogen) atoms. The first kappa shape index (κ1) is 22.0. The fraction of sp³-hybridized carbons (Fsp3) is 0.308. The van der Waals surface area contributed by atoms with Crippen molar-refractivity contribution in [2.24, 2.45) is 7.05 Å². The van der Waals surface area contributed by atoms with Crippen LogP contribution in [0.5, 0.6) is 0 Å². The Morgan fingerprint density at radius 2 is 1.85 bits per heavy atom. The van der Waals surface area contributed by atoms with Crippen molar-refractivity contribution in [3.63, 3.8) is 0 Å². The summed E-state index contributed by atoms with van der Waals surface area (Å²) < 4.78 is 3.89. The molecule has 8 heteroatoms. The van der Waals surface area contributed by atoms with Crippen molar-refractivity contribution >= 4 is 22.3 Å². The van der Waals surface area contributed by atoms with Gasteiger partial charge in [0, 0.05) is 67.8 Å². The number of hydrogen-bond donors (Lipinski definition) is 1. The normalized spacial score (nSPS) is 14.4. The van der Waals surface area contributed by atoms with Crippen LogP contribution in [0.4, 0.5) is 0 Å². The summed E-state index contributed by atoms with van der Waals surface area (Å²) in [6.45, 7) is 8.71. The molecule has 174 valence electrons. The Balaban J connectivity index is 0.000000142. The average molecular weight is 455 g/mol. The van der Waals surface area contributed by atoms with Crippen molar-refractivity contribution in [1.82, 2.24) is 39.2 Å². The van der Waals surface area contributed by atoms with Crippen LogP contribution in [0.1, 0.15) is 31.5 Å². The lowest BCUT2D eigenvalue weighted by atomic mass is 10.00. The molecular formula is C26H30N8. The first-order valence-corrected chi connectivity index (χ1v) is 11.6. The number of aromatic nitrogens is 7. The topological polar surface area (TPSA) is 79.9 Å². The van der Waals surface area contributed by atoms with Gasteiger partial charge >= 0.3 is 0 Å². The third kappa shape index (κ3) is 4.49. The lowest BCUT2D eigenvalue weighted by Gasteiger charge is -2.29. The molecule has 6 heterocycles. The summed E-state index contributed by atoms with van der Waals surface area (Å²) in [6.07, 6.45) is 15.0. The lowest BCUT2D eigenvalue weighted by molar-refractivity contribution is 0.245. The summed E-state index contributed by atoms with van der Waals surface area (Å²) in [5.41, 5.74) is 8.95. The van der Waals surface area contributed by atoms with E-state index in [1.165, 1.54) is 11.1 Å². The van der Waals surface area contributed by atoms with Crippen LogP contribution in [0.15, 0.2) is 61.5 Å². The summed E-state index contributed by atoms with van der Waals surface area (Å²) in [5, 5.41) is 11.2. The van der Waals surface area contributed by atoms with Crippen LogP contribution in [0.3, 0.4) is 0 Å². The Hall–Kier alpha value is -3.78. The number of nitrogens with one attached hydrogen (secondary N) is 1. The van der Waals surface area contributed by atoms with Gasteiger partial charge in [-0.1, -0.05) is 6.08 Å². The maximum absolute atomic E-state index is 4.42. The van der Waals surface area contributed by atoms with Crippen molar-refractivity contribution < 1.29 is 0 Å². The van der Waals surface area contributed by atoms with Crippen LogP contribution < -0.4 is 0 Å². The van der Waals surface area contributed by atoms with Crippen LogP contribution in [0, 0.1) is 6.92 Å². The zero-order chi connectivity index (χ0) is 23.7. The molecular weight excluding hydrogens is 424 g/mol. The molecule has 6 rings (SSSR count). The zero-order valence-corrected chi connectivity index (χ0v) is 20.1. The maximum atomic E-state index is 4.42. The highest BCUT2D eigenvalue weighted by Gasteiger charge is 2.15. The summed E-state index contributed by atoms with van der Waals surface area (Å²) in [6, 6.07) is 6.86. The van der Waals surface area contributed by atoms with Crippen LogP contribution in [0.25, 0.3) is 33.4 Å². The molecule has 1 aliphatic rings. The molecule has 0 saturated heterocycles. The quantitative estimate of drug-likeness (QED) is 0.434. The van der Waals surface area contributed by atoms with Gasteiger partial charge in [0.2, 0.25) is 0 Å². The van der Waals surface area contributed by atoms with Gasteiger partial charge in [-0.25, -0.2) is 4.98 Å². The fourth-order valence-corrected chi connectivity index (χ4v) is 4.27. The predicted molar refractivity (Wildman–Crippen MR) is 135 cm³/mol. The third-order valence-electron chi connectivity index (χ3n) is 6.36. The number of imidazole rings is 1. The van der Waals surface area contributed by atoms with E-state index in [4.69, 9.17) is 0 Å². The molecule has 0 radical (unpaired) electrons. The van der Waals surface area contributed by atoms with E-state index in [-0.39, 0.29) is 0 Å². The first-order chi connectivity index (χ1) is 16.5. The largest absolute Gasteiger partial charge is 0.304 e. The number of nitrogens with zero attached hydrogens (tertiary/aromatic N) is 7. The van der Waals surface area contributed by atoms with Crippen molar-refractivity contribution in [2.45, 2.75) is 33.2 Å².